The Morgan fingerprint density at radius 1 is 1.11 bits per heavy atom. The van der Waals surface area contributed by atoms with Gasteiger partial charge in [0.15, 0.2) is 0 Å². The van der Waals surface area contributed by atoms with Crippen molar-refractivity contribution in [1.29, 1.82) is 0 Å². The molecule has 2 N–H and O–H groups in total. The summed E-state index contributed by atoms with van der Waals surface area (Å²) in [6, 6.07) is 12.0. The number of fused-ring (bicyclic) bond motifs is 1. The van der Waals surface area contributed by atoms with Crippen molar-refractivity contribution in [3.8, 4) is 17.0 Å². The number of amides is 1. The molecule has 2 aromatic heterocycles. The second-order valence-electron chi connectivity index (χ2n) is 9.37. The Balaban J connectivity index is 1.48. The summed E-state index contributed by atoms with van der Waals surface area (Å²) in [6.07, 6.45) is 6.69. The molecule has 1 aliphatic heterocycles. The van der Waals surface area contributed by atoms with Crippen molar-refractivity contribution in [2.75, 3.05) is 37.9 Å². The largest absolute Gasteiger partial charge is 0.495 e. The van der Waals surface area contributed by atoms with Crippen LogP contribution in [0.4, 0.5) is 17.2 Å². The highest BCUT2D eigenvalue weighted by molar-refractivity contribution is 6.00. The zero-order valence-corrected chi connectivity index (χ0v) is 21.4. The molecular formula is C28H31N7O2. The van der Waals surface area contributed by atoms with Gasteiger partial charge in [0.25, 0.3) is 0 Å². The summed E-state index contributed by atoms with van der Waals surface area (Å²) in [7, 11) is 5.70. The van der Waals surface area contributed by atoms with Crippen molar-refractivity contribution in [1.82, 2.24) is 24.6 Å². The zero-order valence-electron chi connectivity index (χ0n) is 21.4. The number of rotatable bonds is 7. The van der Waals surface area contributed by atoms with Gasteiger partial charge in [0.1, 0.15) is 17.9 Å². The number of aryl methyl sites for hydroxylation is 1. The SMILES string of the molecule is C=CC(=O)Nc1cc(Nc2cc(-c3ccc4c(cnn4C)c3)ncn2)c(OC)cc1C1CCN(C)CC1. The van der Waals surface area contributed by atoms with E-state index in [4.69, 9.17) is 4.74 Å². The third kappa shape index (κ3) is 5.17. The van der Waals surface area contributed by atoms with E-state index in [2.05, 4.69) is 50.3 Å². The molecule has 4 aromatic rings. The Morgan fingerprint density at radius 2 is 1.92 bits per heavy atom. The van der Waals surface area contributed by atoms with E-state index in [9.17, 15) is 4.79 Å². The zero-order chi connectivity index (χ0) is 25.9. The van der Waals surface area contributed by atoms with E-state index in [0.717, 1.165) is 59.3 Å². The first-order valence-corrected chi connectivity index (χ1v) is 12.3. The molecule has 0 saturated carbocycles. The molecule has 0 radical (unpaired) electrons. The Hall–Kier alpha value is -4.24. The Labute approximate surface area is 216 Å². The number of anilines is 3. The summed E-state index contributed by atoms with van der Waals surface area (Å²) >= 11 is 0. The number of benzene rings is 2. The van der Waals surface area contributed by atoms with Crippen LogP contribution < -0.4 is 15.4 Å². The highest BCUT2D eigenvalue weighted by Crippen LogP contribution is 2.40. The average Bonchev–Trinajstić information content (AvgIpc) is 3.29. The van der Waals surface area contributed by atoms with Gasteiger partial charge in [-0.25, -0.2) is 9.97 Å². The summed E-state index contributed by atoms with van der Waals surface area (Å²) < 4.78 is 7.61. The molecule has 0 spiro atoms. The number of carbonyl (C=O) groups is 1. The molecule has 9 nitrogen and oxygen atoms in total. The lowest BCUT2D eigenvalue weighted by Crippen LogP contribution is -2.29. The number of likely N-dealkylation sites (tertiary alicyclic amines) is 1. The summed E-state index contributed by atoms with van der Waals surface area (Å²) in [5.74, 6) is 1.37. The molecule has 1 aliphatic rings. The predicted octanol–water partition coefficient (Wildman–Crippen LogP) is 4.72. The van der Waals surface area contributed by atoms with Gasteiger partial charge < -0.3 is 20.3 Å². The Bertz CT molecular complexity index is 1450. The van der Waals surface area contributed by atoms with E-state index < -0.39 is 0 Å². The monoisotopic (exact) mass is 497 g/mol. The van der Waals surface area contributed by atoms with Gasteiger partial charge in [0.05, 0.1) is 30.2 Å². The topological polar surface area (TPSA) is 97.2 Å². The molecule has 1 amide bonds. The van der Waals surface area contributed by atoms with Crippen LogP contribution in [0.15, 0.2) is 61.6 Å². The molecule has 0 unspecified atom stereocenters. The van der Waals surface area contributed by atoms with Crippen LogP contribution in [0.25, 0.3) is 22.2 Å². The van der Waals surface area contributed by atoms with Crippen LogP contribution in [-0.4, -0.2) is 57.8 Å². The van der Waals surface area contributed by atoms with Crippen LogP contribution in [0.2, 0.25) is 0 Å². The minimum Gasteiger partial charge on any atom is -0.495 e. The first-order valence-electron chi connectivity index (χ1n) is 12.3. The summed E-state index contributed by atoms with van der Waals surface area (Å²) in [4.78, 5) is 23.5. The van der Waals surface area contributed by atoms with Gasteiger partial charge in [-0.1, -0.05) is 12.6 Å². The maximum atomic E-state index is 12.3. The fraction of sp³-hybridized carbons (Fsp3) is 0.286. The minimum absolute atomic E-state index is 0.250. The maximum Gasteiger partial charge on any atom is 0.247 e. The lowest BCUT2D eigenvalue weighted by molar-refractivity contribution is -0.111. The van der Waals surface area contributed by atoms with Crippen LogP contribution >= 0.6 is 0 Å². The molecule has 0 atom stereocenters. The molecule has 1 saturated heterocycles. The molecule has 1 fully saturated rings. The number of methoxy groups -OCH3 is 1. The number of piperidine rings is 1. The molecule has 2 aromatic carbocycles. The van der Waals surface area contributed by atoms with Crippen LogP contribution in [0.3, 0.4) is 0 Å². The maximum absolute atomic E-state index is 12.3. The second kappa shape index (κ2) is 10.4. The third-order valence-electron chi connectivity index (χ3n) is 6.95. The fourth-order valence-electron chi connectivity index (χ4n) is 4.86. The smallest absolute Gasteiger partial charge is 0.247 e. The van der Waals surface area contributed by atoms with Crippen LogP contribution in [0.5, 0.6) is 5.75 Å². The number of hydrogen-bond donors (Lipinski definition) is 2. The van der Waals surface area contributed by atoms with Crippen molar-refractivity contribution < 1.29 is 9.53 Å². The lowest BCUT2D eigenvalue weighted by atomic mass is 9.88. The lowest BCUT2D eigenvalue weighted by Gasteiger charge is -2.31. The molecule has 9 heteroatoms. The standard InChI is InChI=1S/C28H31N7O2/c1-5-28(36)33-23-14-24(26(37-4)13-21(23)18-8-10-34(2)11-9-18)32-27-15-22(29-17-30-27)19-6-7-25-20(12-19)16-31-35(25)3/h5-7,12-18H,1,8-11H2,2-4H3,(H,33,36)(H,29,30,32). The van der Waals surface area contributed by atoms with E-state index in [1.165, 1.54) is 12.4 Å². The Kier molecular flexibility index (Phi) is 6.87. The van der Waals surface area contributed by atoms with Gasteiger partial charge in [-0.05, 0) is 74.8 Å². The molecule has 0 aliphatic carbocycles. The van der Waals surface area contributed by atoms with Gasteiger partial charge in [0.2, 0.25) is 5.91 Å². The van der Waals surface area contributed by atoms with E-state index in [1.807, 2.05) is 48.3 Å². The summed E-state index contributed by atoms with van der Waals surface area (Å²) in [5.41, 5.74) is 5.32. The van der Waals surface area contributed by atoms with Crippen molar-refractivity contribution >= 4 is 34.0 Å². The van der Waals surface area contributed by atoms with Crippen LogP contribution in [0.1, 0.15) is 24.3 Å². The fourth-order valence-corrected chi connectivity index (χ4v) is 4.86. The number of hydrogen-bond acceptors (Lipinski definition) is 7. The number of nitrogens with zero attached hydrogens (tertiary/aromatic N) is 5. The predicted molar refractivity (Wildman–Crippen MR) is 146 cm³/mol. The van der Waals surface area contributed by atoms with Crippen LogP contribution in [-0.2, 0) is 11.8 Å². The first-order chi connectivity index (χ1) is 17.9. The van der Waals surface area contributed by atoms with Crippen molar-refractivity contribution in [2.45, 2.75) is 18.8 Å². The van der Waals surface area contributed by atoms with Gasteiger partial charge in [-0.15, -0.1) is 0 Å². The minimum atomic E-state index is -0.250. The first kappa shape index (κ1) is 24.5. The summed E-state index contributed by atoms with van der Waals surface area (Å²) in [6.45, 7) is 5.63. The highest BCUT2D eigenvalue weighted by Gasteiger charge is 2.23. The van der Waals surface area contributed by atoms with Crippen molar-refractivity contribution in [3.63, 3.8) is 0 Å². The molecule has 190 valence electrons. The molecular weight excluding hydrogens is 466 g/mol. The quantitative estimate of drug-likeness (QED) is 0.357. The molecule has 0 bridgehead atoms. The van der Waals surface area contributed by atoms with E-state index in [-0.39, 0.29) is 5.91 Å². The van der Waals surface area contributed by atoms with E-state index in [0.29, 0.717) is 23.2 Å². The number of nitrogens with one attached hydrogen (secondary N) is 2. The Morgan fingerprint density at radius 3 is 2.68 bits per heavy atom. The summed E-state index contributed by atoms with van der Waals surface area (Å²) in [5, 5.41) is 11.7. The van der Waals surface area contributed by atoms with Gasteiger partial charge in [-0.3, -0.25) is 9.48 Å². The number of ether oxygens (including phenoxy) is 1. The van der Waals surface area contributed by atoms with Gasteiger partial charge >= 0.3 is 0 Å². The van der Waals surface area contributed by atoms with Crippen molar-refractivity contribution in [2.24, 2.45) is 7.05 Å². The van der Waals surface area contributed by atoms with E-state index >= 15 is 0 Å². The van der Waals surface area contributed by atoms with Crippen molar-refractivity contribution in [3.05, 3.63) is 67.1 Å². The molecule has 37 heavy (non-hydrogen) atoms. The molecule has 5 rings (SSSR count). The average molecular weight is 498 g/mol. The van der Waals surface area contributed by atoms with Gasteiger partial charge in [0, 0.05) is 29.8 Å². The second-order valence-corrected chi connectivity index (χ2v) is 9.37. The number of carbonyl (C=O) groups excluding carboxylic acids is 1. The van der Waals surface area contributed by atoms with Crippen LogP contribution in [0, 0.1) is 0 Å². The van der Waals surface area contributed by atoms with E-state index in [1.54, 1.807) is 7.11 Å². The van der Waals surface area contributed by atoms with Gasteiger partial charge in [-0.2, -0.15) is 5.10 Å². The normalized spacial score (nSPS) is 14.5. The highest BCUT2D eigenvalue weighted by atomic mass is 16.5. The molecule has 3 heterocycles. The number of aromatic nitrogens is 4. The third-order valence-corrected chi connectivity index (χ3v) is 6.95.